The second kappa shape index (κ2) is 18.7. The van der Waals surface area contributed by atoms with Gasteiger partial charge >= 0.3 is 6.09 Å². The summed E-state index contributed by atoms with van der Waals surface area (Å²) in [6.45, 7) is 12.4. The quantitative estimate of drug-likeness (QED) is 0.0744. The van der Waals surface area contributed by atoms with Crippen LogP contribution in [0.15, 0.2) is 91.1 Å². The smallest absolute Gasteiger partial charge is 0.408 e. The number of nitrogens with one attached hydrogen (secondary N) is 4. The van der Waals surface area contributed by atoms with Gasteiger partial charge in [-0.3, -0.25) is 14.4 Å². The monoisotopic (exact) mass is 964 g/mol. The van der Waals surface area contributed by atoms with Crippen LogP contribution in [0.5, 0.6) is 0 Å². The average molecular weight is 965 g/mol. The number of aromatic nitrogens is 4. The number of nitrogens with zero attached hydrogens (tertiary/aromatic N) is 4. The van der Waals surface area contributed by atoms with Gasteiger partial charge in [0.05, 0.1) is 35.0 Å². The van der Waals surface area contributed by atoms with Crippen molar-refractivity contribution in [1.82, 2.24) is 40.4 Å². The van der Waals surface area contributed by atoms with Crippen LogP contribution in [0.2, 0.25) is 0 Å². The van der Waals surface area contributed by atoms with Crippen molar-refractivity contribution in [3.8, 4) is 33.5 Å². The molecular formula is C56H62F2N8O5. The van der Waals surface area contributed by atoms with E-state index in [1.807, 2.05) is 105 Å². The van der Waals surface area contributed by atoms with Crippen LogP contribution in [0.3, 0.4) is 0 Å². The van der Waals surface area contributed by atoms with Crippen molar-refractivity contribution in [3.05, 3.63) is 119 Å². The Kier molecular flexibility index (Phi) is 12.6. The zero-order chi connectivity index (χ0) is 49.9. The molecular weight excluding hydrogens is 903 g/mol. The fourth-order valence-corrected chi connectivity index (χ4v) is 11.3. The Balaban J connectivity index is 0.867. The van der Waals surface area contributed by atoms with Crippen molar-refractivity contribution in [2.24, 2.45) is 23.2 Å². The highest BCUT2D eigenvalue weighted by Crippen LogP contribution is 2.59. The van der Waals surface area contributed by atoms with Crippen molar-refractivity contribution in [2.45, 2.75) is 123 Å². The van der Waals surface area contributed by atoms with Gasteiger partial charge in [0.25, 0.3) is 5.92 Å². The second-order valence-electron chi connectivity index (χ2n) is 21.2. The molecule has 2 aromatic heterocycles. The molecule has 15 heteroatoms. The number of H-pyrrole nitrogens is 2. The van der Waals surface area contributed by atoms with Crippen LogP contribution in [0.25, 0.3) is 44.5 Å². The third kappa shape index (κ3) is 9.08. The molecule has 6 atom stereocenters. The summed E-state index contributed by atoms with van der Waals surface area (Å²) in [4.78, 5) is 73.2. The van der Waals surface area contributed by atoms with E-state index in [4.69, 9.17) is 14.7 Å². The second-order valence-corrected chi connectivity index (χ2v) is 21.2. The zero-order valence-corrected chi connectivity index (χ0v) is 41.1. The SMILES string of the molecule is CC1CCC(N(C(=O)C(NC=O)C(C)C)C(C)c2nc3ccc(-c4ccc5c(c4)C(F)(F)c4cc(-c6cnc(C7CC8(CC8)CN7C(=O)C(NC(=O)OCc7ccccc7)C(C)C)[nH]6)ccc4-5)cc3[nH]2)C1. The van der Waals surface area contributed by atoms with Gasteiger partial charge in [0, 0.05) is 29.3 Å². The van der Waals surface area contributed by atoms with Gasteiger partial charge in [-0.25, -0.2) is 14.8 Å². The first-order valence-electron chi connectivity index (χ1n) is 25.1. The van der Waals surface area contributed by atoms with Crippen LogP contribution in [-0.2, 0) is 31.6 Å². The van der Waals surface area contributed by atoms with E-state index in [2.05, 4.69) is 27.5 Å². The molecule has 4 aromatic carbocycles. The molecule has 4 aliphatic rings. The zero-order valence-electron chi connectivity index (χ0n) is 41.1. The Morgan fingerprint density at radius 1 is 0.873 bits per heavy atom. The highest BCUT2D eigenvalue weighted by molar-refractivity contribution is 5.89. The van der Waals surface area contributed by atoms with Crippen molar-refractivity contribution in [2.75, 3.05) is 6.54 Å². The van der Waals surface area contributed by atoms with E-state index in [9.17, 15) is 19.2 Å². The van der Waals surface area contributed by atoms with Crippen molar-refractivity contribution >= 4 is 35.4 Å². The lowest BCUT2D eigenvalue weighted by molar-refractivity contribution is -0.141. The summed E-state index contributed by atoms with van der Waals surface area (Å²) < 4.78 is 39.0. The van der Waals surface area contributed by atoms with Gasteiger partial charge in [-0.1, -0.05) is 95.3 Å². The van der Waals surface area contributed by atoms with Gasteiger partial charge in [0.1, 0.15) is 30.3 Å². The highest BCUT2D eigenvalue weighted by atomic mass is 19.3. The number of ether oxygens (including phenoxy) is 1. The summed E-state index contributed by atoms with van der Waals surface area (Å²) >= 11 is 0. The summed E-state index contributed by atoms with van der Waals surface area (Å²) in [5, 5.41) is 5.57. The molecule has 370 valence electrons. The molecule has 71 heavy (non-hydrogen) atoms. The maximum absolute atomic E-state index is 16.8. The fraction of sp³-hybridized carbons (Fsp3) is 0.429. The molecule has 4 amide bonds. The number of aromatic amines is 2. The third-order valence-electron chi connectivity index (χ3n) is 15.5. The van der Waals surface area contributed by atoms with Gasteiger partial charge < -0.3 is 35.1 Å². The van der Waals surface area contributed by atoms with Crippen LogP contribution in [0, 0.1) is 23.2 Å². The van der Waals surface area contributed by atoms with Gasteiger partial charge in [-0.2, -0.15) is 8.78 Å². The minimum Gasteiger partial charge on any atom is -0.445 e. The number of amides is 4. The molecule has 1 spiro atoms. The number of carbonyl (C=O) groups is 4. The predicted octanol–water partition coefficient (Wildman–Crippen LogP) is 10.6. The lowest BCUT2D eigenvalue weighted by Gasteiger charge is -2.37. The lowest BCUT2D eigenvalue weighted by Crippen LogP contribution is -2.52. The van der Waals surface area contributed by atoms with Crippen molar-refractivity contribution in [3.63, 3.8) is 0 Å². The number of imidazole rings is 2. The summed E-state index contributed by atoms with van der Waals surface area (Å²) in [7, 11) is 0. The Morgan fingerprint density at radius 2 is 1.55 bits per heavy atom. The van der Waals surface area contributed by atoms with Gasteiger partial charge in [-0.15, -0.1) is 0 Å². The normalized spacial score (nSPS) is 20.7. The Morgan fingerprint density at radius 3 is 2.21 bits per heavy atom. The molecule has 3 heterocycles. The molecule has 6 aromatic rings. The van der Waals surface area contributed by atoms with E-state index in [-0.39, 0.29) is 58.9 Å². The molecule has 2 saturated carbocycles. The van der Waals surface area contributed by atoms with Crippen LogP contribution in [0.4, 0.5) is 13.6 Å². The predicted molar refractivity (Wildman–Crippen MR) is 267 cm³/mol. The van der Waals surface area contributed by atoms with Gasteiger partial charge in [0.2, 0.25) is 18.2 Å². The molecule has 6 unspecified atom stereocenters. The number of likely N-dealkylation sites (tertiary alicyclic amines) is 1. The minimum absolute atomic E-state index is 0.00375. The first-order valence-corrected chi connectivity index (χ1v) is 25.1. The van der Waals surface area contributed by atoms with Gasteiger partial charge in [0.15, 0.2) is 0 Å². The third-order valence-corrected chi connectivity index (χ3v) is 15.5. The fourth-order valence-electron chi connectivity index (χ4n) is 11.3. The van der Waals surface area contributed by atoms with E-state index in [0.29, 0.717) is 70.4 Å². The van der Waals surface area contributed by atoms with E-state index in [0.717, 1.165) is 48.7 Å². The van der Waals surface area contributed by atoms with Crippen LogP contribution in [0.1, 0.15) is 120 Å². The lowest BCUT2D eigenvalue weighted by atomic mass is 9.98. The number of carbonyl (C=O) groups excluding carboxylic acids is 4. The van der Waals surface area contributed by atoms with Crippen molar-refractivity contribution in [1.29, 1.82) is 0 Å². The molecule has 3 aliphatic carbocycles. The summed E-state index contributed by atoms with van der Waals surface area (Å²) in [5.41, 5.74) is 5.45. The first-order chi connectivity index (χ1) is 34.0. The number of rotatable bonds is 15. The molecule has 0 bridgehead atoms. The van der Waals surface area contributed by atoms with Crippen LogP contribution in [-0.4, -0.2) is 78.7 Å². The molecule has 13 nitrogen and oxygen atoms in total. The van der Waals surface area contributed by atoms with E-state index >= 15 is 8.78 Å². The summed E-state index contributed by atoms with van der Waals surface area (Å²) in [5.74, 6) is -2.32. The van der Waals surface area contributed by atoms with Crippen LogP contribution >= 0.6 is 0 Å². The van der Waals surface area contributed by atoms with Gasteiger partial charge in [-0.05, 0) is 121 Å². The molecule has 4 N–H and O–H groups in total. The first kappa shape index (κ1) is 47.8. The molecule has 1 saturated heterocycles. The summed E-state index contributed by atoms with van der Waals surface area (Å²) in [6, 6.07) is 23.0. The number of hydrogen-bond donors (Lipinski definition) is 4. The molecule has 3 fully saturated rings. The molecule has 10 rings (SSSR count). The largest absolute Gasteiger partial charge is 0.445 e. The Hall–Kier alpha value is -6.90. The van der Waals surface area contributed by atoms with E-state index in [1.54, 1.807) is 24.4 Å². The number of fused-ring (bicyclic) bond motifs is 4. The standard InChI is InChI=1S/C56H62F2N8O5/c1-31(2)48(60-30-67)53(69)66(39-16-12-33(5)22-39)34(6)50-61-44-19-15-37(25-45(44)62-50)36-13-17-40-41-18-14-38(24-43(41)56(57,58)42(40)23-36)46-27-59-51(63-46)47-26-55(20-21-55)29-65(47)52(68)49(32(3)4)64-54(70)71-28-35-10-8-7-9-11-35/h7-11,13-15,17-19,23-25,27,30-34,39,47-49H,12,16,20-22,26,28-29H2,1-6H3,(H,59,63)(H,60,67)(H,61,62)(H,64,70). The van der Waals surface area contributed by atoms with E-state index < -0.39 is 30.1 Å². The highest BCUT2D eigenvalue weighted by Gasteiger charge is 2.55. The van der Waals surface area contributed by atoms with Crippen molar-refractivity contribution < 1.29 is 32.7 Å². The maximum Gasteiger partial charge on any atom is 0.408 e. The van der Waals surface area contributed by atoms with E-state index in [1.165, 1.54) is 6.07 Å². The Bertz CT molecular complexity index is 3000. The number of alkyl carbamates (subject to hydrolysis) is 1. The maximum atomic E-state index is 16.8. The number of hydrogen-bond acceptors (Lipinski definition) is 7. The number of halogens is 2. The minimum atomic E-state index is -3.30. The molecule has 1 aliphatic heterocycles. The summed E-state index contributed by atoms with van der Waals surface area (Å²) in [6.07, 6.45) is 7.00. The Labute approximate surface area is 412 Å². The number of benzene rings is 4. The number of alkyl halides is 2. The topological polar surface area (TPSA) is 165 Å². The average Bonchev–Trinajstić information content (AvgIpc) is 3.88. The molecule has 0 radical (unpaired) electrons. The van der Waals surface area contributed by atoms with Crippen LogP contribution < -0.4 is 10.6 Å².